The van der Waals surface area contributed by atoms with Crippen molar-refractivity contribution < 1.29 is 14.3 Å². The molecule has 0 spiro atoms. The predicted molar refractivity (Wildman–Crippen MR) is 90.5 cm³/mol. The van der Waals surface area contributed by atoms with Gasteiger partial charge in [-0.3, -0.25) is 9.59 Å². The molecule has 1 unspecified atom stereocenters. The van der Waals surface area contributed by atoms with E-state index in [0.717, 1.165) is 0 Å². The number of rotatable bonds is 4. The molecular formula is C17H16ClN3O3. The van der Waals surface area contributed by atoms with Crippen molar-refractivity contribution in [3.63, 3.8) is 0 Å². The molecule has 1 aliphatic rings. The monoisotopic (exact) mass is 345 g/mol. The Labute approximate surface area is 144 Å². The number of hydrogen-bond donors (Lipinski definition) is 1. The van der Waals surface area contributed by atoms with Crippen LogP contribution < -0.4 is 15.0 Å². The molecule has 1 aromatic heterocycles. The minimum absolute atomic E-state index is 0.181. The summed E-state index contributed by atoms with van der Waals surface area (Å²) in [6, 6.07) is 9.79. The Balaban J connectivity index is 1.74. The molecule has 1 saturated heterocycles. The fraction of sp³-hybridized carbons (Fsp3) is 0.235. The number of para-hydroxylation sites is 1. The molecule has 0 radical (unpaired) electrons. The highest BCUT2D eigenvalue weighted by molar-refractivity contribution is 6.34. The smallest absolute Gasteiger partial charge is 0.257 e. The first-order valence-corrected chi connectivity index (χ1v) is 7.85. The molecule has 3 rings (SSSR count). The van der Waals surface area contributed by atoms with Crippen LogP contribution >= 0.6 is 11.6 Å². The Morgan fingerprint density at radius 1 is 1.33 bits per heavy atom. The second-order valence-corrected chi connectivity index (χ2v) is 5.72. The van der Waals surface area contributed by atoms with Gasteiger partial charge in [0.25, 0.3) is 5.91 Å². The second-order valence-electron chi connectivity index (χ2n) is 5.32. The number of amides is 2. The average molecular weight is 346 g/mol. The number of carbonyl (C=O) groups excluding carboxylic acids is 2. The highest BCUT2D eigenvalue weighted by Crippen LogP contribution is 2.29. The van der Waals surface area contributed by atoms with Gasteiger partial charge in [-0.15, -0.1) is 0 Å². The zero-order valence-electron chi connectivity index (χ0n) is 13.0. The number of nitrogens with one attached hydrogen (secondary N) is 1. The lowest BCUT2D eigenvalue weighted by atomic mass is 10.2. The van der Waals surface area contributed by atoms with E-state index >= 15 is 0 Å². The SMILES string of the molecule is COc1ncccc1C(=O)NC1CCN(c2ccccc2Cl)C1=O. The van der Waals surface area contributed by atoms with Gasteiger partial charge in [-0.2, -0.15) is 0 Å². The molecule has 0 saturated carbocycles. The third kappa shape index (κ3) is 3.05. The largest absolute Gasteiger partial charge is 0.480 e. The predicted octanol–water partition coefficient (Wildman–Crippen LogP) is 2.28. The Morgan fingerprint density at radius 2 is 2.12 bits per heavy atom. The first-order chi connectivity index (χ1) is 11.6. The van der Waals surface area contributed by atoms with Gasteiger partial charge >= 0.3 is 0 Å². The Bertz CT molecular complexity index is 781. The van der Waals surface area contributed by atoms with Crippen molar-refractivity contribution in [3.8, 4) is 5.88 Å². The maximum absolute atomic E-state index is 12.6. The molecule has 24 heavy (non-hydrogen) atoms. The quantitative estimate of drug-likeness (QED) is 0.922. The lowest BCUT2D eigenvalue weighted by Gasteiger charge is -2.18. The Kier molecular flexibility index (Phi) is 4.66. The van der Waals surface area contributed by atoms with Gasteiger partial charge in [-0.1, -0.05) is 23.7 Å². The summed E-state index contributed by atoms with van der Waals surface area (Å²) in [5.41, 5.74) is 0.948. The molecule has 2 heterocycles. The minimum Gasteiger partial charge on any atom is -0.480 e. The average Bonchev–Trinajstić information content (AvgIpc) is 2.96. The first kappa shape index (κ1) is 16.3. The summed E-state index contributed by atoms with van der Waals surface area (Å²) in [6.45, 7) is 0.498. The number of anilines is 1. The summed E-state index contributed by atoms with van der Waals surface area (Å²) in [7, 11) is 1.44. The Hall–Kier alpha value is -2.60. The minimum atomic E-state index is -0.598. The number of aromatic nitrogens is 1. The van der Waals surface area contributed by atoms with E-state index in [0.29, 0.717) is 29.2 Å². The highest BCUT2D eigenvalue weighted by Gasteiger charge is 2.35. The number of halogens is 1. The van der Waals surface area contributed by atoms with Crippen LogP contribution in [0.15, 0.2) is 42.6 Å². The molecule has 0 aliphatic carbocycles. The van der Waals surface area contributed by atoms with Gasteiger partial charge in [0.05, 0.1) is 17.8 Å². The summed E-state index contributed by atoms with van der Waals surface area (Å²) in [5.74, 6) is -0.345. The van der Waals surface area contributed by atoms with Crippen LogP contribution in [0.25, 0.3) is 0 Å². The van der Waals surface area contributed by atoms with Crippen LogP contribution in [0.5, 0.6) is 5.88 Å². The van der Waals surface area contributed by atoms with E-state index in [2.05, 4.69) is 10.3 Å². The summed E-state index contributed by atoms with van der Waals surface area (Å²) >= 11 is 6.15. The fourth-order valence-electron chi connectivity index (χ4n) is 2.69. The van der Waals surface area contributed by atoms with Gasteiger partial charge in [0.2, 0.25) is 11.8 Å². The molecular weight excluding hydrogens is 330 g/mol. The van der Waals surface area contributed by atoms with Gasteiger partial charge < -0.3 is 15.0 Å². The summed E-state index contributed by atoms with van der Waals surface area (Å²) in [5, 5.41) is 3.25. The van der Waals surface area contributed by atoms with Crippen molar-refractivity contribution in [1.29, 1.82) is 0 Å². The second kappa shape index (κ2) is 6.88. The lowest BCUT2D eigenvalue weighted by Crippen LogP contribution is -2.41. The van der Waals surface area contributed by atoms with Crippen molar-refractivity contribution >= 4 is 29.1 Å². The third-order valence-corrected chi connectivity index (χ3v) is 4.18. The van der Waals surface area contributed by atoms with Gasteiger partial charge in [-0.25, -0.2) is 4.98 Å². The number of hydrogen-bond acceptors (Lipinski definition) is 4. The number of pyridine rings is 1. The third-order valence-electron chi connectivity index (χ3n) is 3.86. The number of methoxy groups -OCH3 is 1. The first-order valence-electron chi connectivity index (χ1n) is 7.47. The van der Waals surface area contributed by atoms with E-state index in [1.54, 1.807) is 35.2 Å². The molecule has 1 atom stereocenters. The van der Waals surface area contributed by atoms with Crippen LogP contribution in [-0.4, -0.2) is 36.5 Å². The van der Waals surface area contributed by atoms with Crippen LogP contribution in [-0.2, 0) is 4.79 Å². The van der Waals surface area contributed by atoms with E-state index in [1.807, 2.05) is 6.07 Å². The number of nitrogens with zero attached hydrogens (tertiary/aromatic N) is 2. The van der Waals surface area contributed by atoms with Crippen LogP contribution in [0.1, 0.15) is 16.8 Å². The van der Waals surface area contributed by atoms with E-state index in [1.165, 1.54) is 13.3 Å². The van der Waals surface area contributed by atoms with Crippen LogP contribution in [0.2, 0.25) is 5.02 Å². The zero-order valence-corrected chi connectivity index (χ0v) is 13.8. The van der Waals surface area contributed by atoms with Gasteiger partial charge in [-0.05, 0) is 30.7 Å². The van der Waals surface area contributed by atoms with Crippen molar-refractivity contribution in [2.75, 3.05) is 18.6 Å². The number of benzene rings is 1. The summed E-state index contributed by atoms with van der Waals surface area (Å²) in [6.07, 6.45) is 2.05. The molecule has 1 aromatic carbocycles. The van der Waals surface area contributed by atoms with E-state index < -0.39 is 6.04 Å². The van der Waals surface area contributed by atoms with E-state index in [9.17, 15) is 9.59 Å². The lowest BCUT2D eigenvalue weighted by molar-refractivity contribution is -0.118. The molecule has 1 fully saturated rings. The molecule has 2 aromatic rings. The molecule has 1 aliphatic heterocycles. The highest BCUT2D eigenvalue weighted by atomic mass is 35.5. The number of ether oxygens (including phenoxy) is 1. The van der Waals surface area contributed by atoms with E-state index in [4.69, 9.17) is 16.3 Å². The van der Waals surface area contributed by atoms with Crippen LogP contribution in [0.4, 0.5) is 5.69 Å². The van der Waals surface area contributed by atoms with Crippen molar-refractivity contribution in [2.24, 2.45) is 0 Å². The molecule has 2 amide bonds. The van der Waals surface area contributed by atoms with Crippen LogP contribution in [0.3, 0.4) is 0 Å². The maximum atomic E-state index is 12.6. The van der Waals surface area contributed by atoms with Crippen molar-refractivity contribution in [2.45, 2.75) is 12.5 Å². The van der Waals surface area contributed by atoms with E-state index in [-0.39, 0.29) is 17.7 Å². The fourth-order valence-corrected chi connectivity index (χ4v) is 2.92. The summed E-state index contributed by atoms with van der Waals surface area (Å²) < 4.78 is 5.08. The molecule has 1 N–H and O–H groups in total. The van der Waals surface area contributed by atoms with Gasteiger partial charge in [0, 0.05) is 12.7 Å². The van der Waals surface area contributed by atoms with Gasteiger partial charge in [0.15, 0.2) is 0 Å². The standard InChI is InChI=1S/C17H16ClN3O3/c1-24-16-11(5-4-9-19-16)15(22)20-13-8-10-21(17(13)23)14-7-3-2-6-12(14)18/h2-7,9,13H,8,10H2,1H3,(H,20,22). The van der Waals surface area contributed by atoms with Crippen LogP contribution in [0, 0.1) is 0 Å². The van der Waals surface area contributed by atoms with Crippen molar-refractivity contribution in [3.05, 3.63) is 53.2 Å². The molecule has 7 heteroatoms. The maximum Gasteiger partial charge on any atom is 0.257 e. The normalized spacial score (nSPS) is 17.0. The zero-order chi connectivity index (χ0) is 17.1. The number of carbonyl (C=O) groups is 2. The Morgan fingerprint density at radius 3 is 2.88 bits per heavy atom. The molecule has 6 nitrogen and oxygen atoms in total. The molecule has 124 valence electrons. The molecule has 0 bridgehead atoms. The van der Waals surface area contributed by atoms with Gasteiger partial charge in [0.1, 0.15) is 11.6 Å². The topological polar surface area (TPSA) is 71.5 Å². The van der Waals surface area contributed by atoms with Crippen molar-refractivity contribution in [1.82, 2.24) is 10.3 Å². The summed E-state index contributed by atoms with van der Waals surface area (Å²) in [4.78, 5) is 30.6.